The highest BCUT2D eigenvalue weighted by molar-refractivity contribution is 14.1. The zero-order valence-corrected chi connectivity index (χ0v) is 7.87. The highest BCUT2D eigenvalue weighted by atomic mass is 127. The van der Waals surface area contributed by atoms with Crippen LogP contribution in [-0.4, -0.2) is 41.5 Å². The lowest BCUT2D eigenvalue weighted by Crippen LogP contribution is -2.51. The Morgan fingerprint density at radius 3 is 3.20 bits per heavy atom. The van der Waals surface area contributed by atoms with Crippen molar-refractivity contribution in [1.29, 1.82) is 0 Å². The second-order valence-electron chi connectivity index (χ2n) is 2.88. The highest BCUT2D eigenvalue weighted by Gasteiger charge is 2.29. The maximum atomic E-state index is 5.44. The molecule has 3 heterocycles. The third-order valence-electron chi connectivity index (χ3n) is 2.06. The van der Waals surface area contributed by atoms with Gasteiger partial charge in [-0.15, -0.1) is 0 Å². The van der Waals surface area contributed by atoms with Gasteiger partial charge in [0.2, 0.25) is 0 Å². The Morgan fingerprint density at radius 2 is 2.40 bits per heavy atom. The summed E-state index contributed by atoms with van der Waals surface area (Å²) in [5.74, 6) is 0. The molecule has 3 fully saturated rings. The topological polar surface area (TPSA) is 24.5 Å². The van der Waals surface area contributed by atoms with Crippen molar-refractivity contribution in [1.82, 2.24) is 8.43 Å². The summed E-state index contributed by atoms with van der Waals surface area (Å²) in [6.07, 6.45) is 0. The lowest BCUT2D eigenvalue weighted by molar-refractivity contribution is 0.134. The fraction of sp³-hybridized carbons (Fsp3) is 1.00. The average Bonchev–Trinajstić information content (AvgIpc) is 2.20. The molecule has 3 rings (SSSR count). The molecular weight excluding hydrogens is 243 g/mol. The Kier molecular flexibility index (Phi) is 2.13. The molecule has 0 radical (unpaired) electrons. The Hall–Kier alpha value is 0.610. The average molecular weight is 254 g/mol. The third-order valence-corrected chi connectivity index (χ3v) is 3.24. The van der Waals surface area contributed by atoms with Crippen LogP contribution in [0.4, 0.5) is 0 Å². The molecule has 10 heavy (non-hydrogen) atoms. The minimum Gasteiger partial charge on any atom is -0.378 e. The zero-order chi connectivity index (χ0) is 6.97. The minimum absolute atomic E-state index is 0.565. The molecule has 0 aromatic rings. The standard InChI is InChI=1S/C6H11IN2O/c7-9-2-5-3-10-4-6(9)1-8-5/h5-6,8H,1-4H2. The van der Waals surface area contributed by atoms with Crippen molar-refractivity contribution in [2.75, 3.05) is 26.3 Å². The Labute approximate surface area is 74.6 Å². The first kappa shape index (κ1) is 7.27. The maximum absolute atomic E-state index is 5.44. The van der Waals surface area contributed by atoms with E-state index in [1.54, 1.807) is 0 Å². The number of ether oxygens (including phenoxy) is 1. The Bertz CT molecular complexity index is 129. The van der Waals surface area contributed by atoms with Crippen LogP contribution < -0.4 is 5.32 Å². The summed E-state index contributed by atoms with van der Waals surface area (Å²) >= 11 is 2.39. The molecule has 2 atom stereocenters. The van der Waals surface area contributed by atoms with Gasteiger partial charge in [0.25, 0.3) is 0 Å². The second kappa shape index (κ2) is 2.92. The first-order valence-corrected chi connectivity index (χ1v) is 4.56. The molecule has 0 aliphatic carbocycles. The molecule has 0 aromatic carbocycles. The Balaban J connectivity index is 2.07. The molecule has 3 aliphatic heterocycles. The highest BCUT2D eigenvalue weighted by Crippen LogP contribution is 2.16. The van der Waals surface area contributed by atoms with E-state index in [0.717, 1.165) is 26.3 Å². The molecule has 4 heteroatoms. The van der Waals surface area contributed by atoms with Crippen LogP contribution in [0.1, 0.15) is 0 Å². The second-order valence-corrected chi connectivity index (χ2v) is 4.12. The van der Waals surface area contributed by atoms with Gasteiger partial charge < -0.3 is 10.1 Å². The molecule has 1 N–H and O–H groups in total. The maximum Gasteiger partial charge on any atom is 0.0643 e. The summed E-state index contributed by atoms with van der Waals surface area (Å²) < 4.78 is 7.80. The van der Waals surface area contributed by atoms with Crippen LogP contribution in [-0.2, 0) is 4.74 Å². The van der Waals surface area contributed by atoms with Crippen LogP contribution in [0.15, 0.2) is 0 Å². The van der Waals surface area contributed by atoms with Gasteiger partial charge in [-0.1, -0.05) is 0 Å². The van der Waals surface area contributed by atoms with Crippen molar-refractivity contribution in [3.05, 3.63) is 0 Å². The molecule has 0 spiro atoms. The number of nitrogens with zero attached hydrogens (tertiary/aromatic N) is 1. The molecule has 58 valence electrons. The van der Waals surface area contributed by atoms with E-state index in [1.165, 1.54) is 0 Å². The van der Waals surface area contributed by atoms with Gasteiger partial charge in [0, 0.05) is 42.0 Å². The number of fused-ring (bicyclic) bond motifs is 4. The van der Waals surface area contributed by atoms with E-state index in [4.69, 9.17) is 4.74 Å². The molecule has 2 bridgehead atoms. The summed E-state index contributed by atoms with van der Waals surface area (Å²) in [6, 6.07) is 1.16. The normalized spacial score (nSPS) is 41.7. The number of hydrogen-bond acceptors (Lipinski definition) is 3. The van der Waals surface area contributed by atoms with Gasteiger partial charge in [-0.25, -0.2) is 3.11 Å². The molecule has 0 amide bonds. The van der Waals surface area contributed by atoms with E-state index < -0.39 is 0 Å². The van der Waals surface area contributed by atoms with Crippen LogP contribution >= 0.6 is 22.9 Å². The van der Waals surface area contributed by atoms with Crippen molar-refractivity contribution < 1.29 is 4.74 Å². The largest absolute Gasteiger partial charge is 0.378 e. The van der Waals surface area contributed by atoms with E-state index >= 15 is 0 Å². The zero-order valence-electron chi connectivity index (χ0n) is 5.72. The van der Waals surface area contributed by atoms with E-state index in [2.05, 4.69) is 31.3 Å². The number of hydrogen-bond donors (Lipinski definition) is 1. The summed E-state index contributed by atoms with van der Waals surface area (Å²) in [5.41, 5.74) is 0. The van der Waals surface area contributed by atoms with Gasteiger partial charge >= 0.3 is 0 Å². The summed E-state index contributed by atoms with van der Waals surface area (Å²) in [5, 5.41) is 3.44. The predicted molar refractivity (Wildman–Crippen MR) is 47.1 cm³/mol. The molecule has 0 saturated carbocycles. The molecule has 3 nitrogen and oxygen atoms in total. The van der Waals surface area contributed by atoms with Gasteiger partial charge in [0.1, 0.15) is 0 Å². The first-order valence-electron chi connectivity index (χ1n) is 3.60. The van der Waals surface area contributed by atoms with E-state index in [-0.39, 0.29) is 0 Å². The van der Waals surface area contributed by atoms with Gasteiger partial charge in [0.15, 0.2) is 0 Å². The van der Waals surface area contributed by atoms with Gasteiger partial charge in [0.05, 0.1) is 19.3 Å². The fourth-order valence-corrected chi connectivity index (χ4v) is 2.26. The van der Waals surface area contributed by atoms with Crippen molar-refractivity contribution >= 4 is 22.9 Å². The van der Waals surface area contributed by atoms with E-state index in [1.807, 2.05) is 0 Å². The van der Waals surface area contributed by atoms with Crippen molar-refractivity contribution in [3.63, 3.8) is 0 Å². The lowest BCUT2D eigenvalue weighted by atomic mass is 10.2. The van der Waals surface area contributed by atoms with Crippen molar-refractivity contribution in [2.45, 2.75) is 12.1 Å². The summed E-state index contributed by atoms with van der Waals surface area (Å²) in [7, 11) is 0. The van der Waals surface area contributed by atoms with Crippen molar-refractivity contribution in [3.8, 4) is 0 Å². The van der Waals surface area contributed by atoms with Crippen molar-refractivity contribution in [2.24, 2.45) is 0 Å². The molecule has 0 aromatic heterocycles. The number of halogens is 1. The van der Waals surface area contributed by atoms with Crippen LogP contribution in [0.25, 0.3) is 0 Å². The molecular formula is C6H11IN2O. The number of rotatable bonds is 0. The third kappa shape index (κ3) is 1.30. The van der Waals surface area contributed by atoms with E-state index in [0.29, 0.717) is 12.1 Å². The minimum atomic E-state index is 0.565. The first-order chi connectivity index (χ1) is 4.86. The molecule has 2 unspecified atom stereocenters. The molecule has 3 saturated heterocycles. The predicted octanol–water partition coefficient (Wildman–Crippen LogP) is 0.00900. The fourth-order valence-electron chi connectivity index (χ4n) is 1.42. The summed E-state index contributed by atoms with van der Waals surface area (Å²) in [4.78, 5) is 0. The number of nitrogens with one attached hydrogen (secondary N) is 1. The summed E-state index contributed by atoms with van der Waals surface area (Å²) in [6.45, 7) is 4.00. The molecule has 3 aliphatic rings. The lowest BCUT2D eigenvalue weighted by Gasteiger charge is -2.30. The smallest absolute Gasteiger partial charge is 0.0643 e. The quantitative estimate of drug-likeness (QED) is 0.487. The number of piperazine rings is 1. The van der Waals surface area contributed by atoms with E-state index in [9.17, 15) is 0 Å². The van der Waals surface area contributed by atoms with Crippen LogP contribution in [0.2, 0.25) is 0 Å². The van der Waals surface area contributed by atoms with Gasteiger partial charge in [-0.2, -0.15) is 0 Å². The Morgan fingerprint density at radius 1 is 1.50 bits per heavy atom. The van der Waals surface area contributed by atoms with Crippen LogP contribution in [0, 0.1) is 0 Å². The monoisotopic (exact) mass is 254 g/mol. The van der Waals surface area contributed by atoms with Crippen LogP contribution in [0.3, 0.4) is 0 Å². The SMILES string of the molecule is IN1CC2COCC1CN2. The van der Waals surface area contributed by atoms with Gasteiger partial charge in [-0.3, -0.25) is 0 Å². The van der Waals surface area contributed by atoms with Crippen LogP contribution in [0.5, 0.6) is 0 Å². The van der Waals surface area contributed by atoms with Gasteiger partial charge in [-0.05, 0) is 0 Å².